The summed E-state index contributed by atoms with van der Waals surface area (Å²) in [5, 5.41) is 0.212. The van der Waals surface area contributed by atoms with Gasteiger partial charge >= 0.3 is 0 Å². The highest BCUT2D eigenvalue weighted by molar-refractivity contribution is 8.07. The fourth-order valence-corrected chi connectivity index (χ4v) is 5.10. The van der Waals surface area contributed by atoms with Gasteiger partial charge in [0.05, 0.1) is 5.25 Å². The second kappa shape index (κ2) is 6.16. The fraction of sp³-hybridized carbons (Fsp3) is 0.533. The van der Waals surface area contributed by atoms with Crippen molar-refractivity contribution in [2.24, 2.45) is 0 Å². The number of ketones is 1. The zero-order valence-electron chi connectivity index (χ0n) is 11.3. The third kappa shape index (κ3) is 3.33. The Morgan fingerprint density at radius 2 is 1.89 bits per heavy atom. The molecule has 1 unspecified atom stereocenters. The molecule has 3 heteroatoms. The molecule has 1 atom stereocenters. The van der Waals surface area contributed by atoms with Gasteiger partial charge in [-0.25, -0.2) is 0 Å². The van der Waals surface area contributed by atoms with E-state index in [9.17, 15) is 4.79 Å². The van der Waals surface area contributed by atoms with E-state index in [1.54, 1.807) is 0 Å². The summed E-state index contributed by atoms with van der Waals surface area (Å²) in [5.41, 5.74) is 5.04. The average molecular weight is 280 g/mol. The number of carbonyl (C=O) groups excluding carboxylic acids is 1. The first-order valence-corrected chi connectivity index (χ1v) is 8.57. The quantitative estimate of drug-likeness (QED) is 0.842. The molecular formula is C15H20OS2. The molecule has 98 valence electrons. The van der Waals surface area contributed by atoms with Crippen LogP contribution in [0.25, 0.3) is 0 Å². The number of aryl methyl sites for hydroxylation is 3. The van der Waals surface area contributed by atoms with Crippen molar-refractivity contribution in [2.45, 2.75) is 32.4 Å². The third-order valence-corrected chi connectivity index (χ3v) is 6.17. The number of Topliss-reactive ketones (excluding diaryl/α,β-unsaturated/α-hetero) is 1. The standard InChI is InChI=1S/C15H20OS2/c1-10-6-11(2)13(12(3)7-10)8-14(16)15-9-17-4-5-18-15/h6-7,15H,4-5,8-9H2,1-3H3. The summed E-state index contributed by atoms with van der Waals surface area (Å²) in [6.45, 7) is 6.34. The van der Waals surface area contributed by atoms with Gasteiger partial charge in [0.1, 0.15) is 0 Å². The molecule has 2 rings (SSSR count). The summed E-state index contributed by atoms with van der Waals surface area (Å²) in [7, 11) is 0. The van der Waals surface area contributed by atoms with Crippen molar-refractivity contribution in [3.05, 3.63) is 34.4 Å². The van der Waals surface area contributed by atoms with Crippen LogP contribution < -0.4 is 0 Å². The summed E-state index contributed by atoms with van der Waals surface area (Å²) < 4.78 is 0. The molecule has 0 spiro atoms. The smallest absolute Gasteiger partial charge is 0.151 e. The molecule has 1 aliphatic rings. The molecule has 1 heterocycles. The Balaban J connectivity index is 2.11. The van der Waals surface area contributed by atoms with Crippen molar-refractivity contribution in [3.8, 4) is 0 Å². The lowest BCUT2D eigenvalue weighted by Gasteiger charge is -2.20. The molecule has 1 fully saturated rings. The van der Waals surface area contributed by atoms with Crippen molar-refractivity contribution in [3.63, 3.8) is 0 Å². The van der Waals surface area contributed by atoms with Gasteiger partial charge in [-0.05, 0) is 37.5 Å². The molecule has 0 aliphatic carbocycles. The Hall–Kier alpha value is -0.410. The molecule has 1 saturated heterocycles. The maximum atomic E-state index is 12.3. The third-order valence-electron chi connectivity index (χ3n) is 3.37. The Morgan fingerprint density at radius 1 is 1.22 bits per heavy atom. The highest BCUT2D eigenvalue weighted by atomic mass is 32.2. The summed E-state index contributed by atoms with van der Waals surface area (Å²) in [6.07, 6.45) is 0.607. The minimum atomic E-state index is 0.212. The van der Waals surface area contributed by atoms with E-state index in [-0.39, 0.29) is 5.25 Å². The number of benzene rings is 1. The molecule has 1 aromatic carbocycles. The van der Waals surface area contributed by atoms with E-state index in [1.165, 1.54) is 28.0 Å². The highest BCUT2D eigenvalue weighted by Gasteiger charge is 2.23. The van der Waals surface area contributed by atoms with Gasteiger partial charge in [-0.3, -0.25) is 4.79 Å². The molecule has 0 N–H and O–H groups in total. The Kier molecular flexibility index (Phi) is 4.79. The summed E-state index contributed by atoms with van der Waals surface area (Å²) in [5.74, 6) is 3.71. The monoisotopic (exact) mass is 280 g/mol. The van der Waals surface area contributed by atoms with E-state index in [4.69, 9.17) is 0 Å². The predicted molar refractivity (Wildman–Crippen MR) is 82.9 cm³/mol. The molecule has 18 heavy (non-hydrogen) atoms. The van der Waals surface area contributed by atoms with Crippen LogP contribution in [0.1, 0.15) is 22.3 Å². The lowest BCUT2D eigenvalue weighted by Crippen LogP contribution is -2.26. The maximum absolute atomic E-state index is 12.3. The largest absolute Gasteiger partial charge is 0.298 e. The second-order valence-electron chi connectivity index (χ2n) is 4.95. The van der Waals surface area contributed by atoms with Crippen molar-refractivity contribution in [1.29, 1.82) is 0 Å². The summed E-state index contributed by atoms with van der Waals surface area (Å²) >= 11 is 3.75. The molecule has 1 aliphatic heterocycles. The molecule has 0 bridgehead atoms. The molecule has 0 saturated carbocycles. The van der Waals surface area contributed by atoms with Crippen LogP contribution in [-0.4, -0.2) is 28.3 Å². The van der Waals surface area contributed by atoms with Crippen molar-refractivity contribution in [2.75, 3.05) is 17.3 Å². The van der Waals surface area contributed by atoms with Crippen LogP contribution in [0.4, 0.5) is 0 Å². The first kappa shape index (κ1) is 14.0. The predicted octanol–water partition coefficient (Wildman–Crippen LogP) is 3.57. The molecule has 0 amide bonds. The van der Waals surface area contributed by atoms with E-state index in [0.29, 0.717) is 12.2 Å². The molecule has 1 nitrogen and oxygen atoms in total. The van der Waals surface area contributed by atoms with Crippen molar-refractivity contribution >= 4 is 29.3 Å². The zero-order chi connectivity index (χ0) is 13.1. The van der Waals surface area contributed by atoms with Crippen molar-refractivity contribution in [1.82, 2.24) is 0 Å². The normalized spacial score (nSPS) is 19.8. The van der Waals surface area contributed by atoms with Crippen LogP contribution in [0.3, 0.4) is 0 Å². The number of thioether (sulfide) groups is 2. The first-order valence-electron chi connectivity index (χ1n) is 6.36. The molecule has 0 radical (unpaired) electrons. The highest BCUT2D eigenvalue weighted by Crippen LogP contribution is 2.26. The lowest BCUT2D eigenvalue weighted by atomic mass is 9.95. The Bertz CT molecular complexity index is 425. The number of carbonyl (C=O) groups is 1. The fourth-order valence-electron chi connectivity index (χ4n) is 2.45. The summed E-state index contributed by atoms with van der Waals surface area (Å²) in [4.78, 5) is 12.3. The van der Waals surface area contributed by atoms with E-state index >= 15 is 0 Å². The number of hydrogen-bond acceptors (Lipinski definition) is 3. The molecule has 0 aromatic heterocycles. The van der Waals surface area contributed by atoms with Crippen LogP contribution in [0.5, 0.6) is 0 Å². The SMILES string of the molecule is Cc1cc(C)c(CC(=O)C2CSCCS2)c(C)c1. The van der Waals surface area contributed by atoms with Crippen LogP contribution in [0.15, 0.2) is 12.1 Å². The average Bonchev–Trinajstić information content (AvgIpc) is 2.34. The van der Waals surface area contributed by atoms with Crippen molar-refractivity contribution < 1.29 is 4.79 Å². The minimum absolute atomic E-state index is 0.212. The number of hydrogen-bond donors (Lipinski definition) is 0. The number of rotatable bonds is 3. The van der Waals surface area contributed by atoms with Gasteiger partial charge in [0, 0.05) is 23.7 Å². The van der Waals surface area contributed by atoms with Gasteiger partial charge in [-0.2, -0.15) is 11.8 Å². The molecule has 1 aromatic rings. The van der Waals surface area contributed by atoms with Gasteiger partial charge < -0.3 is 0 Å². The van der Waals surface area contributed by atoms with E-state index in [1.807, 2.05) is 23.5 Å². The van der Waals surface area contributed by atoms with Crippen LogP contribution >= 0.6 is 23.5 Å². The van der Waals surface area contributed by atoms with Crippen LogP contribution in [-0.2, 0) is 11.2 Å². The topological polar surface area (TPSA) is 17.1 Å². The van der Waals surface area contributed by atoms with Gasteiger partial charge in [-0.1, -0.05) is 17.7 Å². The van der Waals surface area contributed by atoms with Gasteiger partial charge in [0.15, 0.2) is 5.78 Å². The Labute approximate surface area is 118 Å². The first-order chi connectivity index (χ1) is 8.58. The lowest BCUT2D eigenvalue weighted by molar-refractivity contribution is -0.117. The van der Waals surface area contributed by atoms with Crippen LogP contribution in [0.2, 0.25) is 0 Å². The second-order valence-corrected chi connectivity index (χ2v) is 7.42. The van der Waals surface area contributed by atoms with Gasteiger partial charge in [0.2, 0.25) is 0 Å². The summed E-state index contributed by atoms with van der Waals surface area (Å²) in [6, 6.07) is 4.36. The minimum Gasteiger partial charge on any atom is -0.298 e. The van der Waals surface area contributed by atoms with Gasteiger partial charge in [0.25, 0.3) is 0 Å². The van der Waals surface area contributed by atoms with E-state index < -0.39 is 0 Å². The maximum Gasteiger partial charge on any atom is 0.151 e. The Morgan fingerprint density at radius 3 is 2.44 bits per heavy atom. The van der Waals surface area contributed by atoms with E-state index in [0.717, 1.165) is 11.5 Å². The zero-order valence-corrected chi connectivity index (χ0v) is 12.9. The van der Waals surface area contributed by atoms with E-state index in [2.05, 4.69) is 32.9 Å². The molecular weight excluding hydrogens is 260 g/mol. The van der Waals surface area contributed by atoms with Crippen LogP contribution in [0, 0.1) is 20.8 Å². The van der Waals surface area contributed by atoms with Gasteiger partial charge in [-0.15, -0.1) is 11.8 Å².